The Hall–Kier alpha value is -3.33. The second-order valence-electron chi connectivity index (χ2n) is 7.00. The topological polar surface area (TPSA) is 89.3 Å². The molecule has 1 aromatic carbocycles. The molecule has 4 rings (SSSR count). The third kappa shape index (κ3) is 3.95. The Morgan fingerprint density at radius 3 is 2.62 bits per heavy atom. The van der Waals surface area contributed by atoms with Gasteiger partial charge >= 0.3 is 0 Å². The molecule has 2 aromatic heterocycles. The molecule has 0 aliphatic carbocycles. The van der Waals surface area contributed by atoms with Crippen molar-refractivity contribution in [3.63, 3.8) is 0 Å². The normalized spacial score (nSPS) is 17.3. The number of aromatic nitrogens is 5. The molecular weight excluding hydrogens is 370 g/mol. The molecule has 0 bridgehead atoms. The van der Waals surface area contributed by atoms with Gasteiger partial charge in [0, 0.05) is 18.3 Å². The van der Waals surface area contributed by atoms with Crippen LogP contribution in [-0.2, 0) is 4.84 Å². The van der Waals surface area contributed by atoms with E-state index in [9.17, 15) is 4.79 Å². The lowest BCUT2D eigenvalue weighted by atomic mass is 10.1. The van der Waals surface area contributed by atoms with Crippen molar-refractivity contribution >= 4 is 11.7 Å². The third-order valence-electron chi connectivity index (χ3n) is 4.79. The summed E-state index contributed by atoms with van der Waals surface area (Å²) < 4.78 is 0. The zero-order valence-corrected chi connectivity index (χ0v) is 16.7. The number of nitrogens with zero attached hydrogens (tertiary/aromatic N) is 7. The van der Waals surface area contributed by atoms with Gasteiger partial charge in [-0.2, -0.15) is 15.0 Å². The van der Waals surface area contributed by atoms with Gasteiger partial charge in [0.25, 0.3) is 5.91 Å². The molecule has 9 nitrogen and oxygen atoms in total. The lowest BCUT2D eigenvalue weighted by Gasteiger charge is -2.26. The third-order valence-corrected chi connectivity index (χ3v) is 4.79. The minimum absolute atomic E-state index is 0.0779. The van der Waals surface area contributed by atoms with Crippen LogP contribution in [-0.4, -0.2) is 61.5 Å². The molecule has 1 atom stereocenters. The van der Waals surface area contributed by atoms with E-state index >= 15 is 0 Å². The van der Waals surface area contributed by atoms with Gasteiger partial charge in [-0.1, -0.05) is 12.1 Å². The van der Waals surface area contributed by atoms with Crippen LogP contribution in [0.2, 0.25) is 0 Å². The van der Waals surface area contributed by atoms with E-state index in [4.69, 9.17) is 4.84 Å². The SMILES string of the molecule is Cc1cc(N2CCN(C(=O)c3ccccc3-n3nccn3)[C@@H](C)CO2)nc(C)n1. The fourth-order valence-electron chi connectivity index (χ4n) is 3.40. The average molecular weight is 393 g/mol. The summed E-state index contributed by atoms with van der Waals surface area (Å²) in [7, 11) is 0. The summed E-state index contributed by atoms with van der Waals surface area (Å²) in [4.78, 5) is 31.4. The van der Waals surface area contributed by atoms with Crippen LogP contribution in [0.1, 0.15) is 28.8 Å². The zero-order valence-electron chi connectivity index (χ0n) is 16.7. The average Bonchev–Trinajstić information content (AvgIpc) is 3.17. The van der Waals surface area contributed by atoms with Crippen LogP contribution in [0.15, 0.2) is 42.7 Å². The lowest BCUT2D eigenvalue weighted by molar-refractivity contribution is 0.0599. The standard InChI is InChI=1S/C20H23N7O2/c1-14-12-19(24-16(3)23-14)26-11-10-25(15(2)13-29-26)20(28)17-6-4-5-7-18(17)27-21-8-9-22-27/h4-9,12,15H,10-11,13H2,1-3H3/t15-/m0/s1. The maximum absolute atomic E-state index is 13.4. The number of amides is 1. The molecule has 1 saturated heterocycles. The van der Waals surface area contributed by atoms with E-state index in [2.05, 4.69) is 20.2 Å². The Kier molecular flexibility index (Phi) is 5.22. The smallest absolute Gasteiger partial charge is 0.256 e. The fraction of sp³-hybridized carbons (Fsp3) is 0.350. The number of hydrogen-bond donors (Lipinski definition) is 0. The maximum atomic E-state index is 13.4. The largest absolute Gasteiger partial charge is 0.332 e. The molecule has 0 unspecified atom stereocenters. The molecule has 1 amide bonds. The first-order valence-electron chi connectivity index (χ1n) is 9.52. The molecule has 29 heavy (non-hydrogen) atoms. The van der Waals surface area contributed by atoms with E-state index in [1.54, 1.807) is 23.5 Å². The van der Waals surface area contributed by atoms with Gasteiger partial charge in [0.2, 0.25) is 0 Å². The highest BCUT2D eigenvalue weighted by Crippen LogP contribution is 2.20. The quantitative estimate of drug-likeness (QED) is 0.672. The maximum Gasteiger partial charge on any atom is 0.256 e. The molecule has 0 radical (unpaired) electrons. The molecule has 1 aliphatic rings. The summed E-state index contributed by atoms with van der Waals surface area (Å²) in [6.45, 7) is 7.14. The summed E-state index contributed by atoms with van der Waals surface area (Å²) in [5.41, 5.74) is 2.08. The second-order valence-corrected chi connectivity index (χ2v) is 7.00. The van der Waals surface area contributed by atoms with Crippen molar-refractivity contribution in [2.75, 3.05) is 24.8 Å². The van der Waals surface area contributed by atoms with Crippen molar-refractivity contribution in [2.24, 2.45) is 0 Å². The Balaban J connectivity index is 1.58. The van der Waals surface area contributed by atoms with Crippen LogP contribution < -0.4 is 5.06 Å². The van der Waals surface area contributed by atoms with E-state index in [1.165, 1.54) is 4.80 Å². The summed E-state index contributed by atoms with van der Waals surface area (Å²) in [6, 6.07) is 9.13. The van der Waals surface area contributed by atoms with E-state index in [0.717, 1.165) is 5.69 Å². The first kappa shape index (κ1) is 19.0. The predicted octanol–water partition coefficient (Wildman–Crippen LogP) is 1.96. The fourth-order valence-corrected chi connectivity index (χ4v) is 3.40. The van der Waals surface area contributed by atoms with Crippen LogP contribution in [0.3, 0.4) is 0 Å². The van der Waals surface area contributed by atoms with Crippen LogP contribution in [0, 0.1) is 13.8 Å². The van der Waals surface area contributed by atoms with Gasteiger partial charge in [0.15, 0.2) is 5.82 Å². The molecule has 3 heterocycles. The first-order valence-corrected chi connectivity index (χ1v) is 9.52. The van der Waals surface area contributed by atoms with Crippen LogP contribution in [0.5, 0.6) is 0 Å². The van der Waals surface area contributed by atoms with Crippen molar-refractivity contribution in [1.29, 1.82) is 0 Å². The van der Waals surface area contributed by atoms with E-state index in [-0.39, 0.29) is 11.9 Å². The number of carbonyl (C=O) groups is 1. The van der Waals surface area contributed by atoms with Gasteiger partial charge in [-0.25, -0.2) is 15.0 Å². The lowest BCUT2D eigenvalue weighted by Crippen LogP contribution is -2.41. The van der Waals surface area contributed by atoms with E-state index in [1.807, 2.05) is 49.9 Å². The number of hydrogen-bond acceptors (Lipinski definition) is 7. The highest BCUT2D eigenvalue weighted by atomic mass is 16.7. The Bertz CT molecular complexity index is 986. The Morgan fingerprint density at radius 2 is 1.86 bits per heavy atom. The number of para-hydroxylation sites is 1. The number of aryl methyl sites for hydroxylation is 2. The van der Waals surface area contributed by atoms with Crippen LogP contribution >= 0.6 is 0 Å². The molecule has 1 aliphatic heterocycles. The van der Waals surface area contributed by atoms with Gasteiger partial charge in [-0.3, -0.25) is 9.63 Å². The van der Waals surface area contributed by atoms with Crippen molar-refractivity contribution in [2.45, 2.75) is 26.8 Å². The van der Waals surface area contributed by atoms with Gasteiger partial charge in [-0.05, 0) is 32.9 Å². The highest BCUT2D eigenvalue weighted by molar-refractivity contribution is 5.98. The van der Waals surface area contributed by atoms with E-state index in [0.29, 0.717) is 42.6 Å². The number of hydroxylamine groups is 1. The molecule has 0 spiro atoms. The monoisotopic (exact) mass is 393 g/mol. The molecule has 150 valence electrons. The Morgan fingerprint density at radius 1 is 1.10 bits per heavy atom. The predicted molar refractivity (Wildman–Crippen MR) is 107 cm³/mol. The minimum Gasteiger partial charge on any atom is -0.332 e. The number of rotatable bonds is 3. The Labute approximate surface area is 168 Å². The van der Waals surface area contributed by atoms with Crippen molar-refractivity contribution in [3.8, 4) is 5.69 Å². The summed E-state index contributed by atoms with van der Waals surface area (Å²) in [5.74, 6) is 1.32. The van der Waals surface area contributed by atoms with Gasteiger partial charge < -0.3 is 4.90 Å². The molecule has 0 N–H and O–H groups in total. The molecular formula is C20H23N7O2. The zero-order chi connectivity index (χ0) is 20.4. The summed E-state index contributed by atoms with van der Waals surface area (Å²) in [5, 5.41) is 10.1. The summed E-state index contributed by atoms with van der Waals surface area (Å²) >= 11 is 0. The van der Waals surface area contributed by atoms with Crippen LogP contribution in [0.25, 0.3) is 5.69 Å². The molecule has 0 saturated carbocycles. The van der Waals surface area contributed by atoms with Gasteiger partial charge in [-0.15, -0.1) is 0 Å². The first-order chi connectivity index (χ1) is 14.0. The van der Waals surface area contributed by atoms with E-state index < -0.39 is 0 Å². The number of carbonyl (C=O) groups excluding carboxylic acids is 1. The highest BCUT2D eigenvalue weighted by Gasteiger charge is 2.29. The van der Waals surface area contributed by atoms with Crippen molar-refractivity contribution in [3.05, 3.63) is 59.8 Å². The second kappa shape index (κ2) is 7.96. The van der Waals surface area contributed by atoms with Gasteiger partial charge in [0.1, 0.15) is 5.82 Å². The van der Waals surface area contributed by atoms with Gasteiger partial charge in [0.05, 0.1) is 42.8 Å². The minimum atomic E-state index is -0.102. The molecule has 3 aromatic rings. The number of benzene rings is 1. The van der Waals surface area contributed by atoms with Crippen molar-refractivity contribution < 1.29 is 9.63 Å². The molecule has 9 heteroatoms. The number of anilines is 1. The molecule has 1 fully saturated rings. The van der Waals surface area contributed by atoms with Crippen LogP contribution in [0.4, 0.5) is 5.82 Å². The summed E-state index contributed by atoms with van der Waals surface area (Å²) in [6.07, 6.45) is 3.18. The van der Waals surface area contributed by atoms with Crippen molar-refractivity contribution in [1.82, 2.24) is 29.9 Å².